The topological polar surface area (TPSA) is 69.6 Å². The summed E-state index contributed by atoms with van der Waals surface area (Å²) < 4.78 is 0. The highest BCUT2D eigenvalue weighted by Gasteiger charge is 2.25. The molecule has 1 amide bonds. The van der Waals surface area contributed by atoms with E-state index in [1.807, 2.05) is 19.9 Å². The molecule has 0 aliphatic carbocycles. The molecule has 0 heterocycles. The Morgan fingerprint density at radius 3 is 2.58 bits per heavy atom. The summed E-state index contributed by atoms with van der Waals surface area (Å²) in [6, 6.07) is 6.99. The fourth-order valence-corrected chi connectivity index (χ4v) is 1.54. The number of phenols is 1. The van der Waals surface area contributed by atoms with Gasteiger partial charge in [0.15, 0.2) is 0 Å². The molecule has 0 fully saturated rings. The number of hydrogen-bond acceptors (Lipinski definition) is 3. The van der Waals surface area contributed by atoms with Crippen LogP contribution in [0.25, 0.3) is 0 Å². The van der Waals surface area contributed by atoms with E-state index < -0.39 is 5.60 Å². The summed E-state index contributed by atoms with van der Waals surface area (Å²) >= 11 is 0. The van der Waals surface area contributed by atoms with E-state index in [2.05, 4.69) is 5.32 Å². The Morgan fingerprint density at radius 1 is 1.37 bits per heavy atom. The zero-order valence-corrected chi connectivity index (χ0v) is 11.8. The first kappa shape index (κ1) is 15.5. The first-order valence-corrected chi connectivity index (χ1v) is 6.59. The highest BCUT2D eigenvalue weighted by molar-refractivity contribution is 5.76. The molecular weight excluding hydrogens is 242 g/mol. The number of aryl methyl sites for hydroxylation is 1. The normalized spacial score (nSPS) is 14.2. The van der Waals surface area contributed by atoms with E-state index in [9.17, 15) is 15.0 Å². The zero-order valence-electron chi connectivity index (χ0n) is 11.8. The maximum atomic E-state index is 11.7. The average molecular weight is 265 g/mol. The summed E-state index contributed by atoms with van der Waals surface area (Å²) in [6.45, 7) is 5.77. The molecule has 4 heteroatoms. The van der Waals surface area contributed by atoms with Crippen LogP contribution < -0.4 is 5.32 Å². The van der Waals surface area contributed by atoms with Crippen LogP contribution >= 0.6 is 0 Å². The average Bonchev–Trinajstić information content (AvgIpc) is 2.35. The zero-order chi connectivity index (χ0) is 14.5. The summed E-state index contributed by atoms with van der Waals surface area (Å²) in [4.78, 5) is 11.7. The minimum absolute atomic E-state index is 0.0750. The summed E-state index contributed by atoms with van der Waals surface area (Å²) in [7, 11) is 0. The highest BCUT2D eigenvalue weighted by Crippen LogP contribution is 2.17. The van der Waals surface area contributed by atoms with Gasteiger partial charge in [-0.05, 0) is 30.9 Å². The number of rotatable bonds is 6. The number of nitrogens with one attached hydrogen (secondary N) is 1. The monoisotopic (exact) mass is 265 g/mol. The van der Waals surface area contributed by atoms with Crippen LogP contribution in [0.3, 0.4) is 0 Å². The third kappa shape index (κ3) is 4.91. The molecule has 0 saturated heterocycles. The lowest BCUT2D eigenvalue weighted by Crippen LogP contribution is -2.44. The van der Waals surface area contributed by atoms with Gasteiger partial charge in [-0.25, -0.2) is 0 Å². The number of carbonyl (C=O) groups is 1. The molecule has 19 heavy (non-hydrogen) atoms. The molecule has 1 rings (SSSR count). The van der Waals surface area contributed by atoms with E-state index in [0.29, 0.717) is 12.8 Å². The second kappa shape index (κ2) is 6.57. The predicted molar refractivity (Wildman–Crippen MR) is 74.9 cm³/mol. The van der Waals surface area contributed by atoms with Crippen molar-refractivity contribution in [2.24, 2.45) is 5.92 Å². The Kier molecular flexibility index (Phi) is 5.36. The van der Waals surface area contributed by atoms with E-state index in [4.69, 9.17) is 0 Å². The van der Waals surface area contributed by atoms with Gasteiger partial charge in [0.1, 0.15) is 5.75 Å². The van der Waals surface area contributed by atoms with Gasteiger partial charge in [-0.1, -0.05) is 32.0 Å². The molecule has 0 aliphatic heterocycles. The van der Waals surface area contributed by atoms with Crippen molar-refractivity contribution in [3.63, 3.8) is 0 Å². The lowest BCUT2D eigenvalue weighted by molar-refractivity contribution is -0.122. The number of carbonyl (C=O) groups excluding carboxylic acids is 1. The van der Waals surface area contributed by atoms with Gasteiger partial charge in [0.2, 0.25) is 5.91 Å². The van der Waals surface area contributed by atoms with Gasteiger partial charge < -0.3 is 15.5 Å². The number of benzene rings is 1. The fraction of sp³-hybridized carbons (Fsp3) is 0.533. The van der Waals surface area contributed by atoms with Crippen molar-refractivity contribution in [3.8, 4) is 5.75 Å². The largest absolute Gasteiger partial charge is 0.508 e. The van der Waals surface area contributed by atoms with E-state index in [-0.39, 0.29) is 24.1 Å². The summed E-state index contributed by atoms with van der Waals surface area (Å²) in [5, 5.41) is 22.3. The second-order valence-electron chi connectivity index (χ2n) is 5.42. The Hall–Kier alpha value is -1.55. The summed E-state index contributed by atoms with van der Waals surface area (Å²) in [6.07, 6.45) is 0.786. The Morgan fingerprint density at radius 2 is 2.00 bits per heavy atom. The molecule has 1 aromatic carbocycles. The van der Waals surface area contributed by atoms with Gasteiger partial charge in [-0.2, -0.15) is 0 Å². The molecule has 0 bridgehead atoms. The van der Waals surface area contributed by atoms with Crippen LogP contribution in [-0.4, -0.2) is 28.3 Å². The number of hydrogen-bond donors (Lipinski definition) is 3. The first-order chi connectivity index (χ1) is 8.83. The molecule has 106 valence electrons. The Bertz CT molecular complexity index is 427. The first-order valence-electron chi connectivity index (χ1n) is 6.59. The summed E-state index contributed by atoms with van der Waals surface area (Å²) in [5.74, 6) is 0.166. The van der Waals surface area contributed by atoms with Gasteiger partial charge in [0, 0.05) is 13.0 Å². The van der Waals surface area contributed by atoms with Crippen molar-refractivity contribution in [2.45, 2.75) is 39.2 Å². The van der Waals surface area contributed by atoms with E-state index in [1.165, 1.54) is 0 Å². The van der Waals surface area contributed by atoms with Crippen LogP contribution in [0.2, 0.25) is 0 Å². The maximum absolute atomic E-state index is 11.7. The second-order valence-corrected chi connectivity index (χ2v) is 5.42. The van der Waals surface area contributed by atoms with E-state index in [1.54, 1.807) is 25.1 Å². The van der Waals surface area contributed by atoms with Crippen LogP contribution in [0, 0.1) is 5.92 Å². The van der Waals surface area contributed by atoms with E-state index >= 15 is 0 Å². The van der Waals surface area contributed by atoms with Crippen molar-refractivity contribution in [3.05, 3.63) is 29.8 Å². The van der Waals surface area contributed by atoms with Crippen molar-refractivity contribution >= 4 is 5.91 Å². The van der Waals surface area contributed by atoms with E-state index in [0.717, 1.165) is 5.56 Å². The number of phenolic OH excluding ortho intramolecular Hbond substituents is 1. The fourth-order valence-electron chi connectivity index (χ4n) is 1.54. The van der Waals surface area contributed by atoms with Crippen LogP contribution in [0.5, 0.6) is 5.75 Å². The van der Waals surface area contributed by atoms with Gasteiger partial charge in [-0.15, -0.1) is 0 Å². The quantitative estimate of drug-likeness (QED) is 0.735. The molecule has 0 aromatic heterocycles. The number of para-hydroxylation sites is 1. The minimum atomic E-state index is -0.898. The number of amides is 1. The van der Waals surface area contributed by atoms with Gasteiger partial charge in [-0.3, -0.25) is 4.79 Å². The Balaban J connectivity index is 2.39. The number of aliphatic hydroxyl groups is 1. The highest BCUT2D eigenvalue weighted by atomic mass is 16.3. The molecule has 1 unspecified atom stereocenters. The van der Waals surface area contributed by atoms with Gasteiger partial charge in [0.25, 0.3) is 0 Å². The number of aromatic hydroxyl groups is 1. The van der Waals surface area contributed by atoms with Crippen LogP contribution in [-0.2, 0) is 11.2 Å². The van der Waals surface area contributed by atoms with Crippen LogP contribution in [0.4, 0.5) is 0 Å². The molecular formula is C15H23NO3. The van der Waals surface area contributed by atoms with Crippen molar-refractivity contribution in [1.29, 1.82) is 0 Å². The molecule has 0 saturated carbocycles. The lowest BCUT2D eigenvalue weighted by Gasteiger charge is -2.27. The molecule has 1 aromatic rings. The molecule has 3 N–H and O–H groups in total. The molecule has 0 radical (unpaired) electrons. The van der Waals surface area contributed by atoms with Gasteiger partial charge in [0.05, 0.1) is 5.60 Å². The van der Waals surface area contributed by atoms with Crippen LogP contribution in [0.15, 0.2) is 24.3 Å². The standard InChI is InChI=1S/C15H23NO3/c1-11(2)15(3,19)10-16-14(18)9-8-12-6-4-5-7-13(12)17/h4-7,11,17,19H,8-10H2,1-3H3,(H,16,18). The van der Waals surface area contributed by atoms with Crippen LogP contribution in [0.1, 0.15) is 32.8 Å². The van der Waals surface area contributed by atoms with Crippen molar-refractivity contribution in [2.75, 3.05) is 6.54 Å². The third-order valence-corrected chi connectivity index (χ3v) is 3.50. The Labute approximate surface area is 114 Å². The SMILES string of the molecule is CC(C)C(C)(O)CNC(=O)CCc1ccccc1O. The third-order valence-electron chi connectivity index (χ3n) is 3.50. The molecule has 1 atom stereocenters. The van der Waals surface area contributed by atoms with Gasteiger partial charge >= 0.3 is 0 Å². The lowest BCUT2D eigenvalue weighted by atomic mass is 9.92. The molecule has 0 aliphatic rings. The predicted octanol–water partition coefficient (Wildman–Crippen LogP) is 1.85. The summed E-state index contributed by atoms with van der Waals surface area (Å²) in [5.41, 5.74) is -0.141. The minimum Gasteiger partial charge on any atom is -0.508 e. The van der Waals surface area contributed by atoms with Crippen molar-refractivity contribution < 1.29 is 15.0 Å². The smallest absolute Gasteiger partial charge is 0.220 e. The van der Waals surface area contributed by atoms with Crippen molar-refractivity contribution in [1.82, 2.24) is 5.32 Å². The molecule has 0 spiro atoms. The maximum Gasteiger partial charge on any atom is 0.220 e. The molecule has 4 nitrogen and oxygen atoms in total.